The number of carbonyl (C=O) groups is 1. The minimum absolute atomic E-state index is 0.336. The number of nitrogens with zero attached hydrogens (tertiary/aromatic N) is 3. The summed E-state index contributed by atoms with van der Waals surface area (Å²) in [5, 5.41) is 15.2. The summed E-state index contributed by atoms with van der Waals surface area (Å²) in [5.74, 6) is 0.408. The maximum atomic E-state index is 12.0. The van der Waals surface area contributed by atoms with E-state index in [-0.39, 0.29) is 0 Å². The summed E-state index contributed by atoms with van der Waals surface area (Å²) in [6.07, 6.45) is 6.11. The van der Waals surface area contributed by atoms with E-state index in [1.54, 1.807) is 6.07 Å². The predicted octanol–water partition coefficient (Wildman–Crippen LogP) is 6.66. The molecule has 204 valence electrons. The van der Waals surface area contributed by atoms with Gasteiger partial charge in [0.2, 0.25) is 0 Å². The van der Waals surface area contributed by atoms with Gasteiger partial charge in [0.05, 0.1) is 30.2 Å². The van der Waals surface area contributed by atoms with Gasteiger partial charge in [0, 0.05) is 42.6 Å². The van der Waals surface area contributed by atoms with Crippen molar-refractivity contribution < 1.29 is 19.2 Å². The van der Waals surface area contributed by atoms with Gasteiger partial charge in [-0.15, -0.1) is 0 Å². The van der Waals surface area contributed by atoms with Crippen LogP contribution in [0.5, 0.6) is 0 Å². The Bertz CT molecular complexity index is 1450. The van der Waals surface area contributed by atoms with Crippen LogP contribution in [0, 0.1) is 13.8 Å². The van der Waals surface area contributed by atoms with Crippen LogP contribution in [-0.4, -0.2) is 58.5 Å². The van der Waals surface area contributed by atoms with E-state index in [0.717, 1.165) is 67.5 Å². The zero-order valence-electron chi connectivity index (χ0n) is 22.9. The van der Waals surface area contributed by atoms with Crippen molar-refractivity contribution in [2.24, 2.45) is 0 Å². The average Bonchev–Trinajstić information content (AvgIpc) is 3.48. The molecule has 0 unspecified atom stereocenters. The third-order valence-electron chi connectivity index (χ3n) is 8.59. The van der Waals surface area contributed by atoms with Crippen molar-refractivity contribution in [3.8, 4) is 22.4 Å². The van der Waals surface area contributed by atoms with E-state index in [2.05, 4.69) is 45.0 Å². The molecule has 2 aliphatic rings. The summed E-state index contributed by atoms with van der Waals surface area (Å²) in [5.41, 5.74) is 8.18. The molecule has 0 spiro atoms. The predicted molar refractivity (Wildman–Crippen MR) is 152 cm³/mol. The lowest BCUT2D eigenvalue weighted by atomic mass is 9.81. The highest BCUT2D eigenvalue weighted by atomic mass is 16.5. The summed E-state index contributed by atoms with van der Waals surface area (Å²) in [4.78, 5) is 14.4. The number of fused-ring (bicyclic) bond motifs is 1. The molecule has 0 amide bonds. The fourth-order valence-corrected chi connectivity index (χ4v) is 6.61. The molecule has 39 heavy (non-hydrogen) atoms. The number of morpholine rings is 1. The van der Waals surface area contributed by atoms with E-state index in [0.29, 0.717) is 11.5 Å². The van der Waals surface area contributed by atoms with Crippen LogP contribution in [0.25, 0.3) is 33.3 Å². The van der Waals surface area contributed by atoms with Gasteiger partial charge in [0.1, 0.15) is 5.76 Å². The summed E-state index contributed by atoms with van der Waals surface area (Å²) < 4.78 is 13.4. The zero-order chi connectivity index (χ0) is 26.9. The molecular formula is C32H37N3O4. The molecule has 1 aliphatic heterocycles. The number of carboxylic acids is 1. The van der Waals surface area contributed by atoms with Gasteiger partial charge in [-0.1, -0.05) is 54.8 Å². The molecule has 3 heterocycles. The van der Waals surface area contributed by atoms with E-state index in [1.165, 1.54) is 54.3 Å². The highest BCUT2D eigenvalue weighted by molar-refractivity contribution is 5.98. The summed E-state index contributed by atoms with van der Waals surface area (Å²) >= 11 is 0. The Morgan fingerprint density at radius 2 is 1.69 bits per heavy atom. The largest absolute Gasteiger partial charge is 0.478 e. The lowest BCUT2D eigenvalue weighted by Gasteiger charge is -2.27. The van der Waals surface area contributed by atoms with Crippen molar-refractivity contribution in [3.05, 3.63) is 65.0 Å². The first-order valence-electron chi connectivity index (χ1n) is 14.2. The van der Waals surface area contributed by atoms with Gasteiger partial charge in [-0.05, 0) is 61.4 Å². The Balaban J connectivity index is 1.51. The number of aromatic nitrogens is 2. The van der Waals surface area contributed by atoms with Crippen molar-refractivity contribution in [3.63, 3.8) is 0 Å². The Morgan fingerprint density at radius 3 is 2.36 bits per heavy atom. The molecular weight excluding hydrogens is 490 g/mol. The maximum absolute atomic E-state index is 12.0. The molecule has 0 radical (unpaired) electrons. The Morgan fingerprint density at radius 1 is 0.974 bits per heavy atom. The first kappa shape index (κ1) is 25.8. The number of ether oxygens (including phenoxy) is 1. The minimum Gasteiger partial charge on any atom is -0.478 e. The number of carboxylic acid groups (broad SMARTS) is 1. The van der Waals surface area contributed by atoms with E-state index in [9.17, 15) is 9.90 Å². The second-order valence-corrected chi connectivity index (χ2v) is 11.0. The van der Waals surface area contributed by atoms with Crippen molar-refractivity contribution in [1.29, 1.82) is 0 Å². The molecule has 2 aromatic carbocycles. The van der Waals surface area contributed by atoms with E-state index in [1.807, 2.05) is 19.9 Å². The van der Waals surface area contributed by atoms with Crippen LogP contribution in [0.3, 0.4) is 0 Å². The molecule has 4 aromatic rings. The highest BCUT2D eigenvalue weighted by Crippen LogP contribution is 2.44. The summed E-state index contributed by atoms with van der Waals surface area (Å²) in [7, 11) is 0. The van der Waals surface area contributed by atoms with Crippen LogP contribution >= 0.6 is 0 Å². The second kappa shape index (κ2) is 11.0. The fourth-order valence-electron chi connectivity index (χ4n) is 6.61. The van der Waals surface area contributed by atoms with Crippen LogP contribution < -0.4 is 0 Å². The summed E-state index contributed by atoms with van der Waals surface area (Å²) in [6.45, 7) is 9.01. The van der Waals surface area contributed by atoms with Crippen molar-refractivity contribution in [2.75, 3.05) is 32.8 Å². The number of aryl methyl sites for hydroxylation is 2. The van der Waals surface area contributed by atoms with Crippen LogP contribution in [0.15, 0.2) is 47.0 Å². The van der Waals surface area contributed by atoms with Crippen LogP contribution in [-0.2, 0) is 11.3 Å². The lowest BCUT2D eigenvalue weighted by Crippen LogP contribution is -2.38. The SMILES string of the molecule is Cc1noc(C)c1-c1ccc(-c2c(C3CCCCC3)c3ccc(C(=O)O)cc3n2CCN2CCOCC2)cc1. The van der Waals surface area contributed by atoms with Gasteiger partial charge >= 0.3 is 5.97 Å². The molecule has 1 N–H and O–H groups in total. The number of rotatable bonds is 7. The topological polar surface area (TPSA) is 80.7 Å². The van der Waals surface area contributed by atoms with Gasteiger partial charge in [-0.2, -0.15) is 0 Å². The average molecular weight is 528 g/mol. The Labute approximate surface area is 229 Å². The van der Waals surface area contributed by atoms with Crippen LogP contribution in [0.1, 0.15) is 65.4 Å². The van der Waals surface area contributed by atoms with Gasteiger partial charge in [0.15, 0.2) is 0 Å². The van der Waals surface area contributed by atoms with E-state index >= 15 is 0 Å². The van der Waals surface area contributed by atoms with E-state index < -0.39 is 5.97 Å². The quantitative estimate of drug-likeness (QED) is 0.290. The molecule has 2 fully saturated rings. The first-order valence-corrected chi connectivity index (χ1v) is 14.2. The standard InChI is InChI=1S/C32H37N3O4/c1-21-29(22(2)39-33-21)24-8-10-25(11-9-24)31-30(23-6-4-3-5-7-23)27-13-12-26(32(36)37)20-28(27)35(31)15-14-34-16-18-38-19-17-34/h8-13,20,23H,3-7,14-19H2,1-2H3,(H,36,37). The smallest absolute Gasteiger partial charge is 0.335 e. The van der Waals surface area contributed by atoms with Gasteiger partial charge in [-0.3, -0.25) is 4.90 Å². The normalized spacial score (nSPS) is 17.2. The lowest BCUT2D eigenvalue weighted by molar-refractivity contribution is 0.0366. The minimum atomic E-state index is -0.887. The molecule has 7 nitrogen and oxygen atoms in total. The van der Waals surface area contributed by atoms with Gasteiger partial charge < -0.3 is 18.9 Å². The molecule has 1 saturated carbocycles. The fraction of sp³-hybridized carbons (Fsp3) is 0.438. The third kappa shape index (κ3) is 5.01. The monoisotopic (exact) mass is 527 g/mol. The number of benzene rings is 2. The van der Waals surface area contributed by atoms with Gasteiger partial charge in [-0.25, -0.2) is 4.79 Å². The first-order chi connectivity index (χ1) is 19.0. The number of aromatic carboxylic acids is 1. The second-order valence-electron chi connectivity index (χ2n) is 11.0. The van der Waals surface area contributed by atoms with Crippen LogP contribution in [0.4, 0.5) is 0 Å². The van der Waals surface area contributed by atoms with Gasteiger partial charge in [0.25, 0.3) is 0 Å². The molecule has 1 saturated heterocycles. The Hall–Kier alpha value is -3.42. The number of hydrogen-bond acceptors (Lipinski definition) is 5. The zero-order valence-corrected chi connectivity index (χ0v) is 22.9. The van der Waals surface area contributed by atoms with Crippen molar-refractivity contribution in [2.45, 2.75) is 58.4 Å². The third-order valence-corrected chi connectivity index (χ3v) is 8.59. The Kier molecular flexibility index (Phi) is 7.28. The van der Waals surface area contributed by atoms with Crippen LogP contribution in [0.2, 0.25) is 0 Å². The molecule has 2 aromatic heterocycles. The molecule has 1 aliphatic carbocycles. The molecule has 6 rings (SSSR count). The van der Waals surface area contributed by atoms with Crippen molar-refractivity contribution >= 4 is 16.9 Å². The van der Waals surface area contributed by atoms with E-state index in [4.69, 9.17) is 9.26 Å². The molecule has 0 atom stereocenters. The number of hydrogen-bond donors (Lipinski definition) is 1. The highest BCUT2D eigenvalue weighted by Gasteiger charge is 2.27. The maximum Gasteiger partial charge on any atom is 0.335 e. The van der Waals surface area contributed by atoms with Crippen molar-refractivity contribution in [1.82, 2.24) is 14.6 Å². The molecule has 0 bridgehead atoms. The summed E-state index contributed by atoms with van der Waals surface area (Å²) in [6, 6.07) is 14.5. The molecule has 7 heteroatoms.